The second-order valence-corrected chi connectivity index (χ2v) is 8.03. The van der Waals surface area contributed by atoms with Crippen molar-refractivity contribution in [3.05, 3.63) is 74.3 Å². The Morgan fingerprint density at radius 2 is 1.89 bits per heavy atom. The molecular formula is C21H26N4O2S. The van der Waals surface area contributed by atoms with Gasteiger partial charge in [-0.3, -0.25) is 4.79 Å². The smallest absolute Gasteiger partial charge is 0.274 e. The molecule has 6 nitrogen and oxygen atoms in total. The maximum atomic E-state index is 12.1. The third-order valence-electron chi connectivity index (χ3n) is 4.74. The predicted octanol–water partition coefficient (Wildman–Crippen LogP) is 2.74. The number of anilines is 1. The highest BCUT2D eigenvalue weighted by molar-refractivity contribution is 7.07. The van der Waals surface area contributed by atoms with Gasteiger partial charge in [-0.05, 0) is 60.6 Å². The molecule has 0 amide bonds. The van der Waals surface area contributed by atoms with E-state index >= 15 is 0 Å². The molecular weight excluding hydrogens is 372 g/mol. The average Bonchev–Trinajstić information content (AvgIpc) is 3.15. The highest BCUT2D eigenvalue weighted by atomic mass is 32.1. The van der Waals surface area contributed by atoms with Crippen LogP contribution in [0.2, 0.25) is 0 Å². The van der Waals surface area contributed by atoms with Crippen LogP contribution in [0.1, 0.15) is 16.8 Å². The second-order valence-electron chi connectivity index (χ2n) is 7.25. The van der Waals surface area contributed by atoms with Crippen molar-refractivity contribution in [2.24, 2.45) is 0 Å². The van der Waals surface area contributed by atoms with Gasteiger partial charge in [0.05, 0.1) is 0 Å². The highest BCUT2D eigenvalue weighted by Crippen LogP contribution is 2.15. The highest BCUT2D eigenvalue weighted by Gasteiger charge is 2.17. The van der Waals surface area contributed by atoms with E-state index in [4.69, 9.17) is 0 Å². The number of thiophene rings is 1. The van der Waals surface area contributed by atoms with E-state index in [1.165, 1.54) is 5.56 Å². The van der Waals surface area contributed by atoms with Crippen LogP contribution >= 0.6 is 11.3 Å². The summed E-state index contributed by atoms with van der Waals surface area (Å²) in [4.78, 5) is 23.7. The van der Waals surface area contributed by atoms with Gasteiger partial charge in [0.15, 0.2) is 0 Å². The number of nitrogens with one attached hydrogen (secondary N) is 1. The SMILES string of the molecule is CN(C[C@H](Cc1ccc(O)cc1)N(C)C)c1nc(=O)cc(Cc2ccsc2)[nH]1. The molecule has 0 saturated carbocycles. The zero-order valence-electron chi connectivity index (χ0n) is 16.4. The van der Waals surface area contributed by atoms with E-state index in [0.717, 1.165) is 17.7 Å². The van der Waals surface area contributed by atoms with E-state index in [1.807, 2.05) is 43.6 Å². The summed E-state index contributed by atoms with van der Waals surface area (Å²) >= 11 is 1.65. The molecule has 7 heteroatoms. The lowest BCUT2D eigenvalue weighted by atomic mass is 10.0. The Kier molecular flexibility index (Phi) is 6.49. The fourth-order valence-corrected chi connectivity index (χ4v) is 3.77. The molecule has 3 aromatic rings. The Morgan fingerprint density at radius 1 is 1.14 bits per heavy atom. The molecule has 1 atom stereocenters. The molecule has 0 aliphatic rings. The Labute approximate surface area is 169 Å². The summed E-state index contributed by atoms with van der Waals surface area (Å²) in [6.07, 6.45) is 1.52. The number of phenolic OH excluding ortho intramolecular Hbond substituents is 1. The molecule has 0 saturated heterocycles. The Hall–Kier alpha value is -2.64. The first-order valence-electron chi connectivity index (χ1n) is 9.17. The van der Waals surface area contributed by atoms with Gasteiger partial charge in [0.2, 0.25) is 5.95 Å². The summed E-state index contributed by atoms with van der Waals surface area (Å²) in [6.45, 7) is 0.707. The van der Waals surface area contributed by atoms with Crippen molar-refractivity contribution in [3.8, 4) is 5.75 Å². The number of aromatic amines is 1. The van der Waals surface area contributed by atoms with Gasteiger partial charge in [-0.25, -0.2) is 0 Å². The first-order valence-corrected chi connectivity index (χ1v) is 10.1. The largest absolute Gasteiger partial charge is 0.508 e. The molecule has 3 rings (SSSR count). The van der Waals surface area contributed by atoms with Crippen LogP contribution < -0.4 is 10.5 Å². The topological polar surface area (TPSA) is 72.5 Å². The molecule has 0 spiro atoms. The summed E-state index contributed by atoms with van der Waals surface area (Å²) in [5, 5.41) is 13.6. The molecule has 2 aromatic heterocycles. The van der Waals surface area contributed by atoms with Gasteiger partial charge in [0, 0.05) is 37.8 Å². The van der Waals surface area contributed by atoms with Crippen molar-refractivity contribution in [3.63, 3.8) is 0 Å². The van der Waals surface area contributed by atoms with Crippen LogP contribution in [-0.4, -0.2) is 53.7 Å². The predicted molar refractivity (Wildman–Crippen MR) is 115 cm³/mol. The number of nitrogens with zero attached hydrogens (tertiary/aromatic N) is 3. The number of aromatic nitrogens is 2. The number of hydrogen-bond donors (Lipinski definition) is 2. The van der Waals surface area contributed by atoms with E-state index in [-0.39, 0.29) is 17.4 Å². The van der Waals surface area contributed by atoms with Gasteiger partial charge in [-0.1, -0.05) is 12.1 Å². The Balaban J connectivity index is 1.74. The number of rotatable bonds is 8. The van der Waals surface area contributed by atoms with Gasteiger partial charge >= 0.3 is 0 Å². The number of likely N-dealkylation sites (N-methyl/N-ethyl adjacent to an activating group) is 2. The van der Waals surface area contributed by atoms with Crippen molar-refractivity contribution < 1.29 is 5.11 Å². The fourth-order valence-electron chi connectivity index (χ4n) is 3.10. The summed E-state index contributed by atoms with van der Waals surface area (Å²) in [5.74, 6) is 0.849. The normalized spacial score (nSPS) is 12.3. The Bertz CT molecular complexity index is 936. The fraction of sp³-hybridized carbons (Fsp3) is 0.333. The molecule has 0 bridgehead atoms. The molecule has 148 valence electrons. The van der Waals surface area contributed by atoms with Crippen molar-refractivity contribution >= 4 is 17.3 Å². The minimum atomic E-state index is -0.231. The summed E-state index contributed by atoms with van der Waals surface area (Å²) < 4.78 is 0. The third-order valence-corrected chi connectivity index (χ3v) is 5.48. The van der Waals surface area contributed by atoms with Gasteiger partial charge in [0.25, 0.3) is 5.56 Å². The molecule has 0 aliphatic heterocycles. The zero-order chi connectivity index (χ0) is 20.1. The van der Waals surface area contributed by atoms with Crippen LogP contribution in [0.25, 0.3) is 0 Å². The molecule has 2 N–H and O–H groups in total. The number of hydrogen-bond acceptors (Lipinski definition) is 6. The number of H-pyrrole nitrogens is 1. The van der Waals surface area contributed by atoms with Gasteiger partial charge in [0.1, 0.15) is 5.75 Å². The van der Waals surface area contributed by atoms with E-state index in [2.05, 4.69) is 26.3 Å². The van der Waals surface area contributed by atoms with Crippen LogP contribution in [0.15, 0.2) is 52.0 Å². The van der Waals surface area contributed by atoms with Crippen LogP contribution in [0, 0.1) is 0 Å². The molecule has 1 aromatic carbocycles. The molecule has 2 heterocycles. The first kappa shape index (κ1) is 20.1. The van der Waals surface area contributed by atoms with Gasteiger partial charge < -0.3 is 19.9 Å². The number of phenols is 1. The lowest BCUT2D eigenvalue weighted by molar-refractivity contribution is 0.294. The lowest BCUT2D eigenvalue weighted by Gasteiger charge is -2.29. The van der Waals surface area contributed by atoms with Crippen molar-refractivity contribution in [2.45, 2.75) is 18.9 Å². The monoisotopic (exact) mass is 398 g/mol. The molecule has 28 heavy (non-hydrogen) atoms. The number of aromatic hydroxyl groups is 1. The van der Waals surface area contributed by atoms with Crippen molar-refractivity contribution in [1.29, 1.82) is 0 Å². The molecule has 0 radical (unpaired) electrons. The van der Waals surface area contributed by atoms with Crippen LogP contribution in [-0.2, 0) is 12.8 Å². The van der Waals surface area contributed by atoms with Gasteiger partial charge in [-0.15, -0.1) is 0 Å². The van der Waals surface area contributed by atoms with E-state index in [9.17, 15) is 9.90 Å². The van der Waals surface area contributed by atoms with E-state index < -0.39 is 0 Å². The second kappa shape index (κ2) is 9.03. The quantitative estimate of drug-likeness (QED) is 0.610. The maximum absolute atomic E-state index is 12.1. The zero-order valence-corrected chi connectivity index (χ0v) is 17.2. The first-order chi connectivity index (χ1) is 13.4. The van der Waals surface area contributed by atoms with Crippen LogP contribution in [0.3, 0.4) is 0 Å². The summed E-state index contributed by atoms with van der Waals surface area (Å²) in [7, 11) is 6.03. The van der Waals surface area contributed by atoms with Crippen molar-refractivity contribution in [1.82, 2.24) is 14.9 Å². The minimum absolute atomic E-state index is 0.223. The van der Waals surface area contributed by atoms with Crippen LogP contribution in [0.4, 0.5) is 5.95 Å². The van der Waals surface area contributed by atoms with Gasteiger partial charge in [-0.2, -0.15) is 16.3 Å². The van der Waals surface area contributed by atoms with E-state index in [1.54, 1.807) is 29.5 Å². The minimum Gasteiger partial charge on any atom is -0.508 e. The molecule has 0 fully saturated rings. The lowest BCUT2D eigenvalue weighted by Crippen LogP contribution is -2.41. The standard InChI is InChI=1S/C21H26N4O2S/c1-24(2)18(11-15-4-6-19(26)7-5-15)13-25(3)21-22-17(12-20(27)23-21)10-16-8-9-28-14-16/h4-9,12,14,18,26H,10-11,13H2,1-3H3,(H,22,23,27)/t18-/m0/s1. The van der Waals surface area contributed by atoms with Crippen LogP contribution in [0.5, 0.6) is 5.75 Å². The molecule has 0 aliphatic carbocycles. The maximum Gasteiger partial charge on any atom is 0.274 e. The number of benzene rings is 1. The third kappa shape index (κ3) is 5.43. The van der Waals surface area contributed by atoms with E-state index in [0.29, 0.717) is 18.9 Å². The summed E-state index contributed by atoms with van der Waals surface area (Å²) in [5.41, 5.74) is 2.96. The molecule has 0 unspecified atom stereocenters. The average molecular weight is 399 g/mol. The van der Waals surface area contributed by atoms with Crippen molar-refractivity contribution in [2.75, 3.05) is 32.6 Å². The summed E-state index contributed by atoms with van der Waals surface area (Å²) in [6, 6.07) is 11.1. The Morgan fingerprint density at radius 3 is 2.54 bits per heavy atom.